The van der Waals surface area contributed by atoms with Gasteiger partial charge in [-0.2, -0.15) is 4.31 Å². The molecule has 0 aliphatic rings. The van der Waals surface area contributed by atoms with E-state index in [2.05, 4.69) is 0 Å². The molecular formula is C12H20N2O3S. The number of hydrogen-bond acceptors (Lipinski definition) is 4. The average Bonchev–Trinajstić information content (AvgIpc) is 2.35. The third-order valence-corrected chi connectivity index (χ3v) is 4.64. The van der Waals surface area contributed by atoms with Crippen LogP contribution >= 0.6 is 0 Å². The van der Waals surface area contributed by atoms with Crippen molar-refractivity contribution < 1.29 is 13.2 Å². The monoisotopic (exact) mass is 272 g/mol. The molecule has 0 atom stereocenters. The van der Waals surface area contributed by atoms with Crippen LogP contribution in [0.4, 0.5) is 0 Å². The molecule has 1 aromatic carbocycles. The summed E-state index contributed by atoms with van der Waals surface area (Å²) in [7, 11) is -2.02. The molecule has 2 N–H and O–H groups in total. The van der Waals surface area contributed by atoms with Gasteiger partial charge in [0.25, 0.3) is 0 Å². The van der Waals surface area contributed by atoms with E-state index in [9.17, 15) is 8.42 Å². The average molecular weight is 272 g/mol. The maximum atomic E-state index is 12.4. The molecule has 5 nitrogen and oxygen atoms in total. The van der Waals surface area contributed by atoms with E-state index < -0.39 is 10.0 Å². The van der Waals surface area contributed by atoms with E-state index in [1.54, 1.807) is 18.2 Å². The van der Waals surface area contributed by atoms with Crippen molar-refractivity contribution in [3.63, 3.8) is 0 Å². The molecule has 0 aliphatic carbocycles. The van der Waals surface area contributed by atoms with Crippen molar-refractivity contribution in [1.82, 2.24) is 4.31 Å². The highest BCUT2D eigenvalue weighted by Gasteiger charge is 2.26. The van der Waals surface area contributed by atoms with Crippen molar-refractivity contribution in [2.75, 3.05) is 20.2 Å². The lowest BCUT2D eigenvalue weighted by atomic mass is 10.3. The summed E-state index contributed by atoms with van der Waals surface area (Å²) in [5.41, 5.74) is 5.47. The molecule has 18 heavy (non-hydrogen) atoms. The van der Waals surface area contributed by atoms with Crippen LogP contribution in [0, 0.1) is 0 Å². The van der Waals surface area contributed by atoms with Crippen molar-refractivity contribution in [3.8, 4) is 5.75 Å². The van der Waals surface area contributed by atoms with Gasteiger partial charge in [0.05, 0.1) is 12.0 Å². The van der Waals surface area contributed by atoms with Gasteiger partial charge in [-0.1, -0.05) is 6.07 Å². The first kappa shape index (κ1) is 14.9. The highest BCUT2D eigenvalue weighted by Crippen LogP contribution is 2.21. The summed E-state index contributed by atoms with van der Waals surface area (Å²) >= 11 is 0. The second-order valence-electron chi connectivity index (χ2n) is 4.18. The topological polar surface area (TPSA) is 72.6 Å². The van der Waals surface area contributed by atoms with Crippen LogP contribution in [0.3, 0.4) is 0 Å². The second-order valence-corrected chi connectivity index (χ2v) is 6.07. The third-order valence-electron chi connectivity index (χ3n) is 2.57. The first-order valence-electron chi connectivity index (χ1n) is 5.79. The highest BCUT2D eigenvalue weighted by atomic mass is 32.2. The summed E-state index contributed by atoms with van der Waals surface area (Å²) in [6.07, 6.45) is 0. The molecule has 0 fully saturated rings. The Labute approximate surface area is 109 Å². The molecule has 0 radical (unpaired) electrons. The molecule has 0 saturated heterocycles. The van der Waals surface area contributed by atoms with Gasteiger partial charge < -0.3 is 10.5 Å². The van der Waals surface area contributed by atoms with E-state index in [1.807, 2.05) is 13.8 Å². The fraction of sp³-hybridized carbons (Fsp3) is 0.500. The standard InChI is InChI=1S/C12H20N2O3S/c1-10(2)14(8-7-13)18(15,16)12-6-4-5-11(9-12)17-3/h4-6,9-10H,7-8,13H2,1-3H3. The minimum absolute atomic E-state index is 0.134. The second kappa shape index (κ2) is 6.17. The van der Waals surface area contributed by atoms with Gasteiger partial charge in [-0.25, -0.2) is 8.42 Å². The summed E-state index contributed by atoms with van der Waals surface area (Å²) in [5.74, 6) is 0.521. The van der Waals surface area contributed by atoms with E-state index >= 15 is 0 Å². The molecule has 0 aromatic heterocycles. The number of ether oxygens (including phenoxy) is 1. The van der Waals surface area contributed by atoms with Crippen molar-refractivity contribution in [3.05, 3.63) is 24.3 Å². The molecule has 1 aromatic rings. The van der Waals surface area contributed by atoms with Gasteiger partial charge in [0.2, 0.25) is 10.0 Å². The van der Waals surface area contributed by atoms with E-state index in [0.29, 0.717) is 18.8 Å². The Hall–Kier alpha value is -1.11. The number of nitrogens with two attached hydrogens (primary N) is 1. The van der Waals surface area contributed by atoms with E-state index in [1.165, 1.54) is 17.5 Å². The molecule has 6 heteroatoms. The van der Waals surface area contributed by atoms with Crippen LogP contribution in [-0.2, 0) is 10.0 Å². The molecule has 0 spiro atoms. The molecule has 1 rings (SSSR count). The maximum Gasteiger partial charge on any atom is 0.243 e. The van der Waals surface area contributed by atoms with Crippen molar-refractivity contribution >= 4 is 10.0 Å². The van der Waals surface area contributed by atoms with E-state index in [-0.39, 0.29) is 10.9 Å². The zero-order chi connectivity index (χ0) is 13.8. The number of benzene rings is 1. The van der Waals surface area contributed by atoms with Crippen LogP contribution < -0.4 is 10.5 Å². The van der Waals surface area contributed by atoms with Crippen molar-refractivity contribution in [2.45, 2.75) is 24.8 Å². The van der Waals surface area contributed by atoms with Crippen LogP contribution in [0.1, 0.15) is 13.8 Å². The Balaban J connectivity index is 3.17. The van der Waals surface area contributed by atoms with Gasteiger partial charge >= 0.3 is 0 Å². The quantitative estimate of drug-likeness (QED) is 0.840. The van der Waals surface area contributed by atoms with Crippen LogP contribution in [0.2, 0.25) is 0 Å². The molecule has 0 saturated carbocycles. The summed E-state index contributed by atoms with van der Waals surface area (Å²) < 4.78 is 31.3. The Bertz CT molecular complexity index is 486. The van der Waals surface area contributed by atoms with Crippen LogP contribution in [0.25, 0.3) is 0 Å². The van der Waals surface area contributed by atoms with E-state index in [4.69, 9.17) is 10.5 Å². The number of methoxy groups -OCH3 is 1. The third kappa shape index (κ3) is 3.22. The molecule has 0 heterocycles. The van der Waals surface area contributed by atoms with Crippen LogP contribution in [-0.4, -0.2) is 39.0 Å². The largest absolute Gasteiger partial charge is 0.497 e. The molecule has 0 amide bonds. The van der Waals surface area contributed by atoms with E-state index in [0.717, 1.165) is 0 Å². The lowest BCUT2D eigenvalue weighted by molar-refractivity contribution is 0.360. The van der Waals surface area contributed by atoms with Gasteiger partial charge in [0, 0.05) is 25.2 Å². The normalized spacial score (nSPS) is 12.1. The van der Waals surface area contributed by atoms with Crippen LogP contribution in [0.5, 0.6) is 5.75 Å². The number of sulfonamides is 1. The Morgan fingerprint density at radius 1 is 1.39 bits per heavy atom. The fourth-order valence-electron chi connectivity index (χ4n) is 1.68. The predicted molar refractivity (Wildman–Crippen MR) is 71.1 cm³/mol. The minimum Gasteiger partial charge on any atom is -0.497 e. The lowest BCUT2D eigenvalue weighted by Crippen LogP contribution is -2.40. The Kier molecular flexibility index (Phi) is 5.13. The van der Waals surface area contributed by atoms with Gasteiger partial charge in [0.1, 0.15) is 5.75 Å². The molecular weight excluding hydrogens is 252 g/mol. The zero-order valence-corrected chi connectivity index (χ0v) is 11.8. The van der Waals surface area contributed by atoms with Crippen LogP contribution in [0.15, 0.2) is 29.2 Å². The predicted octanol–water partition coefficient (Wildman–Crippen LogP) is 1.05. The lowest BCUT2D eigenvalue weighted by Gasteiger charge is -2.25. The van der Waals surface area contributed by atoms with Gasteiger partial charge in [-0.05, 0) is 26.0 Å². The van der Waals surface area contributed by atoms with Gasteiger partial charge in [-0.3, -0.25) is 0 Å². The van der Waals surface area contributed by atoms with Gasteiger partial charge in [0.15, 0.2) is 0 Å². The summed E-state index contributed by atoms with van der Waals surface area (Å²) in [6.45, 7) is 4.25. The highest BCUT2D eigenvalue weighted by molar-refractivity contribution is 7.89. The van der Waals surface area contributed by atoms with Gasteiger partial charge in [-0.15, -0.1) is 0 Å². The van der Waals surface area contributed by atoms with Crippen molar-refractivity contribution in [1.29, 1.82) is 0 Å². The first-order chi connectivity index (χ1) is 8.43. The molecule has 0 unspecified atom stereocenters. The number of hydrogen-bond donors (Lipinski definition) is 1. The van der Waals surface area contributed by atoms with Crippen molar-refractivity contribution in [2.24, 2.45) is 5.73 Å². The molecule has 0 aliphatic heterocycles. The summed E-state index contributed by atoms with van der Waals surface area (Å²) in [5, 5.41) is 0. The zero-order valence-electron chi connectivity index (χ0n) is 11.0. The summed E-state index contributed by atoms with van der Waals surface area (Å²) in [6, 6.07) is 6.31. The number of rotatable bonds is 6. The fourth-order valence-corrected chi connectivity index (χ4v) is 3.37. The SMILES string of the molecule is COc1cccc(S(=O)(=O)N(CCN)C(C)C)c1. The summed E-state index contributed by atoms with van der Waals surface area (Å²) in [4.78, 5) is 0.226. The molecule has 102 valence electrons. The number of nitrogens with zero attached hydrogens (tertiary/aromatic N) is 1. The molecule has 0 bridgehead atoms. The smallest absolute Gasteiger partial charge is 0.243 e. The first-order valence-corrected chi connectivity index (χ1v) is 7.23. The maximum absolute atomic E-state index is 12.4. The Morgan fingerprint density at radius 2 is 2.06 bits per heavy atom. The minimum atomic E-state index is -3.52. The Morgan fingerprint density at radius 3 is 2.56 bits per heavy atom.